The van der Waals surface area contributed by atoms with Gasteiger partial charge in [0.25, 0.3) is 0 Å². The van der Waals surface area contributed by atoms with Crippen molar-refractivity contribution in [3.05, 3.63) is 64.2 Å². The molecule has 0 aliphatic rings. The van der Waals surface area contributed by atoms with Crippen molar-refractivity contribution in [2.24, 2.45) is 5.73 Å². The molecule has 0 heterocycles. The van der Waals surface area contributed by atoms with Crippen molar-refractivity contribution in [3.63, 3.8) is 0 Å². The standard InChI is InChI=1S/C16H19ClN2/c1-11-4-5-13(10-15(11)17)16(18)12-6-8-14(9-7-12)19(2)3/h4-10,16H,18H2,1-3H3. The van der Waals surface area contributed by atoms with Gasteiger partial charge >= 0.3 is 0 Å². The Morgan fingerprint density at radius 3 is 2.11 bits per heavy atom. The number of anilines is 1. The molecule has 2 aromatic rings. The summed E-state index contributed by atoms with van der Waals surface area (Å²) >= 11 is 6.15. The first-order chi connectivity index (χ1) is 8.99. The van der Waals surface area contributed by atoms with Crippen LogP contribution in [-0.4, -0.2) is 14.1 Å². The maximum Gasteiger partial charge on any atom is 0.0552 e. The molecule has 0 aliphatic heterocycles. The summed E-state index contributed by atoms with van der Waals surface area (Å²) in [7, 11) is 4.05. The van der Waals surface area contributed by atoms with E-state index < -0.39 is 0 Å². The van der Waals surface area contributed by atoms with Gasteiger partial charge in [-0.15, -0.1) is 0 Å². The van der Waals surface area contributed by atoms with E-state index in [9.17, 15) is 0 Å². The first kappa shape index (κ1) is 13.9. The zero-order chi connectivity index (χ0) is 14.0. The fourth-order valence-electron chi connectivity index (χ4n) is 1.97. The normalized spacial score (nSPS) is 12.3. The maximum absolute atomic E-state index is 6.29. The summed E-state index contributed by atoms with van der Waals surface area (Å²) in [6.07, 6.45) is 0. The molecule has 1 unspecified atom stereocenters. The molecule has 2 nitrogen and oxygen atoms in total. The van der Waals surface area contributed by atoms with Crippen molar-refractivity contribution in [1.29, 1.82) is 0 Å². The molecule has 100 valence electrons. The smallest absolute Gasteiger partial charge is 0.0552 e. The minimum absolute atomic E-state index is 0.144. The number of halogens is 1. The molecule has 0 spiro atoms. The second-order valence-corrected chi connectivity index (χ2v) is 5.38. The van der Waals surface area contributed by atoms with Crippen LogP contribution in [-0.2, 0) is 0 Å². The first-order valence-corrected chi connectivity index (χ1v) is 6.66. The highest BCUT2D eigenvalue weighted by atomic mass is 35.5. The summed E-state index contributed by atoms with van der Waals surface area (Å²) in [5.74, 6) is 0. The highest BCUT2D eigenvalue weighted by Crippen LogP contribution is 2.25. The Morgan fingerprint density at radius 1 is 1.00 bits per heavy atom. The predicted molar refractivity (Wildman–Crippen MR) is 83.0 cm³/mol. The average Bonchev–Trinajstić information content (AvgIpc) is 2.41. The third-order valence-corrected chi connectivity index (χ3v) is 3.73. The molecule has 2 aromatic carbocycles. The van der Waals surface area contributed by atoms with Crippen LogP contribution in [0, 0.1) is 6.92 Å². The lowest BCUT2D eigenvalue weighted by Crippen LogP contribution is -2.13. The molecule has 0 aliphatic carbocycles. The van der Waals surface area contributed by atoms with Gasteiger partial charge in [0.15, 0.2) is 0 Å². The second-order valence-electron chi connectivity index (χ2n) is 4.97. The summed E-state index contributed by atoms with van der Waals surface area (Å²) in [5.41, 5.74) is 10.6. The molecule has 0 amide bonds. The fraction of sp³-hybridized carbons (Fsp3) is 0.250. The molecule has 19 heavy (non-hydrogen) atoms. The molecular weight excluding hydrogens is 256 g/mol. The van der Waals surface area contributed by atoms with Crippen LogP contribution in [0.5, 0.6) is 0 Å². The lowest BCUT2D eigenvalue weighted by Gasteiger charge is -2.16. The van der Waals surface area contributed by atoms with Gasteiger partial charge in [0.2, 0.25) is 0 Å². The molecule has 0 bridgehead atoms. The van der Waals surface area contributed by atoms with Crippen LogP contribution in [0.1, 0.15) is 22.7 Å². The molecule has 1 atom stereocenters. The predicted octanol–water partition coefficient (Wildman–Crippen LogP) is 3.76. The lowest BCUT2D eigenvalue weighted by atomic mass is 9.98. The van der Waals surface area contributed by atoms with Crippen LogP contribution < -0.4 is 10.6 Å². The largest absolute Gasteiger partial charge is 0.378 e. The second kappa shape index (κ2) is 5.64. The van der Waals surface area contributed by atoms with Crippen LogP contribution in [0.4, 0.5) is 5.69 Å². The zero-order valence-electron chi connectivity index (χ0n) is 11.5. The Bertz CT molecular complexity index is 561. The van der Waals surface area contributed by atoms with Gasteiger partial charge in [-0.25, -0.2) is 0 Å². The van der Waals surface area contributed by atoms with E-state index >= 15 is 0 Å². The van der Waals surface area contributed by atoms with Gasteiger partial charge in [-0.05, 0) is 41.8 Å². The van der Waals surface area contributed by atoms with Crippen molar-refractivity contribution >= 4 is 17.3 Å². The molecule has 0 saturated carbocycles. The third-order valence-electron chi connectivity index (χ3n) is 3.32. The first-order valence-electron chi connectivity index (χ1n) is 6.28. The van der Waals surface area contributed by atoms with Gasteiger partial charge in [-0.2, -0.15) is 0 Å². The van der Waals surface area contributed by atoms with Crippen molar-refractivity contribution in [3.8, 4) is 0 Å². The van der Waals surface area contributed by atoms with Crippen LogP contribution in [0.25, 0.3) is 0 Å². The fourth-order valence-corrected chi connectivity index (χ4v) is 2.16. The monoisotopic (exact) mass is 274 g/mol. The Labute approximate surface area is 119 Å². The number of hydrogen-bond acceptors (Lipinski definition) is 2. The number of aryl methyl sites for hydroxylation is 1. The van der Waals surface area contributed by atoms with E-state index in [2.05, 4.69) is 29.2 Å². The molecule has 0 radical (unpaired) electrons. The molecule has 0 fully saturated rings. The molecule has 2 N–H and O–H groups in total. The highest BCUT2D eigenvalue weighted by molar-refractivity contribution is 6.31. The maximum atomic E-state index is 6.29. The minimum Gasteiger partial charge on any atom is -0.378 e. The van der Waals surface area contributed by atoms with E-state index in [1.165, 1.54) is 0 Å². The molecule has 3 heteroatoms. The molecule has 2 rings (SSSR count). The number of benzene rings is 2. The molecular formula is C16H19ClN2. The van der Waals surface area contributed by atoms with Crippen molar-refractivity contribution in [1.82, 2.24) is 0 Å². The van der Waals surface area contributed by atoms with Crippen LogP contribution in [0.15, 0.2) is 42.5 Å². The third kappa shape index (κ3) is 3.09. The van der Waals surface area contributed by atoms with E-state index in [1.807, 2.05) is 39.2 Å². The number of nitrogens with two attached hydrogens (primary N) is 1. The van der Waals surface area contributed by atoms with E-state index in [1.54, 1.807) is 0 Å². The van der Waals surface area contributed by atoms with E-state index in [-0.39, 0.29) is 6.04 Å². The Kier molecular flexibility index (Phi) is 4.13. The van der Waals surface area contributed by atoms with Crippen LogP contribution in [0.3, 0.4) is 0 Å². The van der Waals surface area contributed by atoms with Gasteiger partial charge in [-0.1, -0.05) is 35.9 Å². The van der Waals surface area contributed by atoms with Gasteiger partial charge in [0.1, 0.15) is 0 Å². The van der Waals surface area contributed by atoms with Gasteiger partial charge in [0.05, 0.1) is 6.04 Å². The number of rotatable bonds is 3. The Hall–Kier alpha value is -1.51. The quantitative estimate of drug-likeness (QED) is 0.923. The van der Waals surface area contributed by atoms with E-state index in [4.69, 9.17) is 17.3 Å². The van der Waals surface area contributed by atoms with Gasteiger partial charge in [0, 0.05) is 24.8 Å². The van der Waals surface area contributed by atoms with Gasteiger partial charge in [-0.3, -0.25) is 0 Å². The summed E-state index contributed by atoms with van der Waals surface area (Å²) in [4.78, 5) is 2.07. The summed E-state index contributed by atoms with van der Waals surface area (Å²) < 4.78 is 0. The van der Waals surface area contributed by atoms with Crippen LogP contribution in [0.2, 0.25) is 5.02 Å². The van der Waals surface area contributed by atoms with Crippen molar-refractivity contribution < 1.29 is 0 Å². The number of hydrogen-bond donors (Lipinski definition) is 1. The zero-order valence-corrected chi connectivity index (χ0v) is 12.3. The van der Waals surface area contributed by atoms with Crippen LogP contribution >= 0.6 is 11.6 Å². The van der Waals surface area contributed by atoms with E-state index in [0.717, 1.165) is 27.4 Å². The van der Waals surface area contributed by atoms with E-state index in [0.29, 0.717) is 0 Å². The SMILES string of the molecule is Cc1ccc(C(N)c2ccc(N(C)C)cc2)cc1Cl. The number of nitrogens with zero attached hydrogens (tertiary/aromatic N) is 1. The van der Waals surface area contributed by atoms with Crippen molar-refractivity contribution in [2.45, 2.75) is 13.0 Å². The van der Waals surface area contributed by atoms with Crippen molar-refractivity contribution in [2.75, 3.05) is 19.0 Å². The van der Waals surface area contributed by atoms with Gasteiger partial charge < -0.3 is 10.6 Å². The highest BCUT2D eigenvalue weighted by Gasteiger charge is 2.10. The molecule has 0 saturated heterocycles. The minimum atomic E-state index is -0.144. The Morgan fingerprint density at radius 2 is 1.58 bits per heavy atom. The summed E-state index contributed by atoms with van der Waals surface area (Å²) in [6, 6.07) is 14.1. The average molecular weight is 275 g/mol. The lowest BCUT2D eigenvalue weighted by molar-refractivity contribution is 0.870. The summed E-state index contributed by atoms with van der Waals surface area (Å²) in [5, 5.41) is 0.762. The summed E-state index contributed by atoms with van der Waals surface area (Å²) in [6.45, 7) is 1.99. The topological polar surface area (TPSA) is 29.3 Å². The Balaban J connectivity index is 2.27. The molecule has 0 aromatic heterocycles.